The van der Waals surface area contributed by atoms with Crippen LogP contribution in [0.2, 0.25) is 5.02 Å². The van der Waals surface area contributed by atoms with Crippen molar-refractivity contribution in [1.82, 2.24) is 0 Å². The maximum absolute atomic E-state index is 5.91. The fraction of sp³-hybridized carbons (Fsp3) is 0.538. The largest absolute Gasteiger partial charge is 0.494 e. The Morgan fingerprint density at radius 2 is 2.35 bits per heavy atom. The van der Waals surface area contributed by atoms with Crippen LogP contribution in [-0.4, -0.2) is 19.3 Å². The van der Waals surface area contributed by atoms with Crippen molar-refractivity contribution in [2.24, 2.45) is 0 Å². The van der Waals surface area contributed by atoms with Crippen molar-refractivity contribution >= 4 is 17.3 Å². The van der Waals surface area contributed by atoms with E-state index in [4.69, 9.17) is 26.8 Å². The van der Waals surface area contributed by atoms with E-state index in [1.807, 2.05) is 6.07 Å². The first-order valence-electron chi connectivity index (χ1n) is 6.05. The predicted octanol–water partition coefficient (Wildman–Crippen LogP) is 3.26. The summed E-state index contributed by atoms with van der Waals surface area (Å²) in [7, 11) is 0. The number of halogens is 1. The Kier molecular flexibility index (Phi) is 4.51. The van der Waals surface area contributed by atoms with Crippen LogP contribution in [0.15, 0.2) is 18.2 Å². The Hall–Kier alpha value is -0.930. The Bertz CT molecular complexity index is 364. The molecule has 1 atom stereocenters. The van der Waals surface area contributed by atoms with E-state index in [0.717, 1.165) is 25.2 Å². The molecule has 1 saturated heterocycles. The van der Waals surface area contributed by atoms with Gasteiger partial charge in [0.25, 0.3) is 0 Å². The molecule has 0 aliphatic carbocycles. The second kappa shape index (κ2) is 6.12. The van der Waals surface area contributed by atoms with Gasteiger partial charge in [-0.2, -0.15) is 0 Å². The Morgan fingerprint density at radius 3 is 3.06 bits per heavy atom. The van der Waals surface area contributed by atoms with E-state index >= 15 is 0 Å². The average molecular weight is 256 g/mol. The number of nitrogens with two attached hydrogens (primary N) is 1. The summed E-state index contributed by atoms with van der Waals surface area (Å²) in [6, 6.07) is 5.36. The van der Waals surface area contributed by atoms with Gasteiger partial charge in [0, 0.05) is 12.7 Å². The summed E-state index contributed by atoms with van der Waals surface area (Å²) in [4.78, 5) is 0. The SMILES string of the molecule is Nc1ccc(OCCCC2CCCO2)cc1Cl. The molecular formula is C13H18ClNO2. The Balaban J connectivity index is 1.68. The fourth-order valence-corrected chi connectivity index (χ4v) is 2.14. The first-order chi connectivity index (χ1) is 8.25. The molecule has 3 nitrogen and oxygen atoms in total. The maximum Gasteiger partial charge on any atom is 0.120 e. The molecule has 0 aromatic heterocycles. The van der Waals surface area contributed by atoms with E-state index < -0.39 is 0 Å². The van der Waals surface area contributed by atoms with Crippen LogP contribution in [0.1, 0.15) is 25.7 Å². The van der Waals surface area contributed by atoms with Crippen molar-refractivity contribution in [2.75, 3.05) is 18.9 Å². The first-order valence-corrected chi connectivity index (χ1v) is 6.43. The molecule has 0 radical (unpaired) electrons. The molecule has 4 heteroatoms. The summed E-state index contributed by atoms with van der Waals surface area (Å²) in [6.45, 7) is 1.61. The topological polar surface area (TPSA) is 44.5 Å². The second-order valence-corrected chi connectivity index (χ2v) is 4.72. The highest BCUT2D eigenvalue weighted by atomic mass is 35.5. The lowest BCUT2D eigenvalue weighted by Crippen LogP contribution is -2.07. The van der Waals surface area contributed by atoms with Gasteiger partial charge in [-0.25, -0.2) is 0 Å². The molecular weight excluding hydrogens is 238 g/mol. The van der Waals surface area contributed by atoms with Gasteiger partial charge in [0.15, 0.2) is 0 Å². The van der Waals surface area contributed by atoms with Gasteiger partial charge < -0.3 is 15.2 Å². The summed E-state index contributed by atoms with van der Waals surface area (Å²) in [6.07, 6.45) is 4.90. The van der Waals surface area contributed by atoms with Crippen LogP contribution in [0.25, 0.3) is 0 Å². The molecule has 1 aromatic carbocycles. The van der Waals surface area contributed by atoms with Gasteiger partial charge in [-0.1, -0.05) is 11.6 Å². The first kappa shape index (κ1) is 12.5. The van der Waals surface area contributed by atoms with Crippen LogP contribution in [0.3, 0.4) is 0 Å². The highest BCUT2D eigenvalue weighted by Gasteiger charge is 2.14. The van der Waals surface area contributed by atoms with Crippen molar-refractivity contribution in [3.8, 4) is 5.75 Å². The van der Waals surface area contributed by atoms with E-state index in [1.165, 1.54) is 12.8 Å². The molecule has 2 N–H and O–H groups in total. The van der Waals surface area contributed by atoms with Crippen LogP contribution >= 0.6 is 11.6 Å². The number of anilines is 1. The molecule has 94 valence electrons. The van der Waals surface area contributed by atoms with Gasteiger partial charge in [-0.15, -0.1) is 0 Å². The highest BCUT2D eigenvalue weighted by Crippen LogP contribution is 2.24. The monoisotopic (exact) mass is 255 g/mol. The lowest BCUT2D eigenvalue weighted by Gasteiger charge is -2.10. The zero-order chi connectivity index (χ0) is 12.1. The lowest BCUT2D eigenvalue weighted by molar-refractivity contribution is 0.0981. The van der Waals surface area contributed by atoms with Crippen LogP contribution in [0, 0.1) is 0 Å². The minimum absolute atomic E-state index is 0.439. The number of nitrogen functional groups attached to an aromatic ring is 1. The quantitative estimate of drug-likeness (QED) is 0.649. The number of benzene rings is 1. The minimum Gasteiger partial charge on any atom is -0.494 e. The van der Waals surface area contributed by atoms with Crippen LogP contribution in [0.4, 0.5) is 5.69 Å². The smallest absolute Gasteiger partial charge is 0.120 e. The Labute approximate surface area is 107 Å². The van der Waals surface area contributed by atoms with Crippen molar-refractivity contribution in [1.29, 1.82) is 0 Å². The van der Waals surface area contributed by atoms with E-state index in [9.17, 15) is 0 Å². The van der Waals surface area contributed by atoms with Crippen LogP contribution in [-0.2, 0) is 4.74 Å². The normalized spacial score (nSPS) is 19.5. The number of hydrogen-bond acceptors (Lipinski definition) is 3. The van der Waals surface area contributed by atoms with Crippen LogP contribution in [0.5, 0.6) is 5.75 Å². The Morgan fingerprint density at radius 1 is 1.47 bits per heavy atom. The van der Waals surface area contributed by atoms with Crippen molar-refractivity contribution in [2.45, 2.75) is 31.8 Å². The van der Waals surface area contributed by atoms with Gasteiger partial charge in [-0.3, -0.25) is 0 Å². The van der Waals surface area contributed by atoms with Gasteiger partial charge in [0.05, 0.1) is 23.4 Å². The number of ether oxygens (including phenoxy) is 2. The molecule has 2 rings (SSSR count). The average Bonchev–Trinajstić information content (AvgIpc) is 2.82. The molecule has 1 fully saturated rings. The van der Waals surface area contributed by atoms with E-state index in [2.05, 4.69) is 0 Å². The van der Waals surface area contributed by atoms with Gasteiger partial charge in [-0.05, 0) is 37.8 Å². The van der Waals surface area contributed by atoms with E-state index in [0.29, 0.717) is 23.4 Å². The molecule has 1 aliphatic heterocycles. The van der Waals surface area contributed by atoms with Gasteiger partial charge >= 0.3 is 0 Å². The highest BCUT2D eigenvalue weighted by molar-refractivity contribution is 6.33. The zero-order valence-corrected chi connectivity index (χ0v) is 10.6. The summed E-state index contributed by atoms with van der Waals surface area (Å²) < 4.78 is 11.2. The molecule has 0 saturated carbocycles. The molecule has 0 amide bonds. The van der Waals surface area contributed by atoms with Gasteiger partial charge in [0.1, 0.15) is 5.75 Å². The standard InChI is InChI=1S/C13H18ClNO2/c14-12-9-11(5-6-13(12)15)17-8-2-4-10-3-1-7-16-10/h5-6,9-10H,1-4,7-8,15H2. The van der Waals surface area contributed by atoms with Crippen molar-refractivity contribution < 1.29 is 9.47 Å². The third-order valence-electron chi connectivity index (χ3n) is 2.94. The van der Waals surface area contributed by atoms with E-state index in [-0.39, 0.29) is 0 Å². The maximum atomic E-state index is 5.91. The van der Waals surface area contributed by atoms with Crippen LogP contribution < -0.4 is 10.5 Å². The molecule has 17 heavy (non-hydrogen) atoms. The molecule has 1 aliphatic rings. The van der Waals surface area contributed by atoms with Crippen molar-refractivity contribution in [3.63, 3.8) is 0 Å². The lowest BCUT2D eigenvalue weighted by atomic mass is 10.1. The van der Waals surface area contributed by atoms with E-state index in [1.54, 1.807) is 12.1 Å². The third kappa shape index (κ3) is 3.79. The molecule has 1 aromatic rings. The summed E-state index contributed by atoms with van der Waals surface area (Å²) >= 11 is 5.91. The molecule has 0 bridgehead atoms. The number of hydrogen-bond donors (Lipinski definition) is 1. The summed E-state index contributed by atoms with van der Waals surface area (Å²) in [5.41, 5.74) is 6.20. The second-order valence-electron chi connectivity index (χ2n) is 4.31. The zero-order valence-electron chi connectivity index (χ0n) is 9.82. The molecule has 0 spiro atoms. The predicted molar refractivity (Wildman–Crippen MR) is 69.6 cm³/mol. The number of rotatable bonds is 5. The minimum atomic E-state index is 0.439. The van der Waals surface area contributed by atoms with Crippen molar-refractivity contribution in [3.05, 3.63) is 23.2 Å². The summed E-state index contributed by atoms with van der Waals surface area (Å²) in [5.74, 6) is 0.775. The molecule has 1 heterocycles. The summed E-state index contributed by atoms with van der Waals surface area (Å²) in [5, 5.41) is 0.543. The fourth-order valence-electron chi connectivity index (χ4n) is 1.97. The van der Waals surface area contributed by atoms with Gasteiger partial charge in [0.2, 0.25) is 0 Å². The molecule has 1 unspecified atom stereocenters. The third-order valence-corrected chi connectivity index (χ3v) is 3.26.